The van der Waals surface area contributed by atoms with Gasteiger partial charge < -0.3 is 20.9 Å². The largest absolute Gasteiger partial charge is 0.357 e. The molecule has 7 heteroatoms. The van der Waals surface area contributed by atoms with E-state index in [9.17, 15) is 9.59 Å². The summed E-state index contributed by atoms with van der Waals surface area (Å²) in [7, 11) is 0. The number of rotatable bonds is 6. The highest BCUT2D eigenvalue weighted by atomic mass is 16.2. The second kappa shape index (κ2) is 9.39. The first-order valence-electron chi connectivity index (χ1n) is 9.51. The quantitative estimate of drug-likeness (QED) is 0.524. The normalized spacial score (nSPS) is 15.0. The molecule has 0 bridgehead atoms. The molecule has 2 amide bonds. The minimum Gasteiger partial charge on any atom is -0.357 e. The molecular weight excluding hydrogens is 342 g/mol. The predicted molar refractivity (Wildman–Crippen MR) is 109 cm³/mol. The number of anilines is 1. The molecule has 0 radical (unpaired) electrons. The smallest absolute Gasteiger partial charge is 0.239 e. The Morgan fingerprint density at radius 1 is 1.19 bits per heavy atom. The Kier molecular flexibility index (Phi) is 7.21. The van der Waals surface area contributed by atoms with Gasteiger partial charge in [-0.15, -0.1) is 0 Å². The molecule has 1 saturated heterocycles. The molecule has 0 aromatic heterocycles. The van der Waals surface area contributed by atoms with Crippen molar-refractivity contribution < 1.29 is 9.59 Å². The van der Waals surface area contributed by atoms with E-state index >= 15 is 0 Å². The number of nitrogens with one attached hydrogen (secondary N) is 3. The molecule has 1 aromatic rings. The maximum Gasteiger partial charge on any atom is 0.239 e. The molecule has 2 rings (SSSR count). The molecule has 3 N–H and O–H groups in total. The molecule has 0 saturated carbocycles. The maximum atomic E-state index is 11.9. The average Bonchev–Trinajstić information content (AvgIpc) is 3.02. The number of amides is 2. The van der Waals surface area contributed by atoms with Crippen LogP contribution in [0.25, 0.3) is 0 Å². The van der Waals surface area contributed by atoms with Gasteiger partial charge in [-0.25, -0.2) is 4.99 Å². The maximum absolute atomic E-state index is 11.9. The van der Waals surface area contributed by atoms with E-state index < -0.39 is 0 Å². The SMILES string of the molecule is CCNC(=NCc1ccc(N2CCCC2=O)cc1)NCC(=O)NC(C)(C)C. The van der Waals surface area contributed by atoms with Gasteiger partial charge in [-0.2, -0.15) is 0 Å². The zero-order chi connectivity index (χ0) is 19.9. The Labute approximate surface area is 161 Å². The van der Waals surface area contributed by atoms with Gasteiger partial charge in [0.2, 0.25) is 11.8 Å². The summed E-state index contributed by atoms with van der Waals surface area (Å²) >= 11 is 0. The summed E-state index contributed by atoms with van der Waals surface area (Å²) < 4.78 is 0. The first kappa shape index (κ1) is 20.7. The van der Waals surface area contributed by atoms with Crippen LogP contribution in [0.2, 0.25) is 0 Å². The van der Waals surface area contributed by atoms with Crippen molar-refractivity contribution in [1.82, 2.24) is 16.0 Å². The minimum atomic E-state index is -0.257. The molecule has 1 aliphatic rings. The van der Waals surface area contributed by atoms with Crippen molar-refractivity contribution in [3.8, 4) is 0 Å². The Hall–Kier alpha value is -2.57. The number of hydrogen-bond acceptors (Lipinski definition) is 3. The first-order valence-corrected chi connectivity index (χ1v) is 9.51. The number of carbonyl (C=O) groups is 2. The summed E-state index contributed by atoms with van der Waals surface area (Å²) in [6, 6.07) is 7.90. The highest BCUT2D eigenvalue weighted by molar-refractivity contribution is 5.95. The van der Waals surface area contributed by atoms with Crippen LogP contribution in [-0.2, 0) is 16.1 Å². The van der Waals surface area contributed by atoms with E-state index in [1.54, 1.807) is 0 Å². The molecule has 1 aliphatic heterocycles. The van der Waals surface area contributed by atoms with E-state index in [0.29, 0.717) is 25.5 Å². The van der Waals surface area contributed by atoms with E-state index in [4.69, 9.17) is 0 Å². The molecule has 1 fully saturated rings. The predicted octanol–water partition coefficient (Wildman–Crippen LogP) is 1.78. The summed E-state index contributed by atoms with van der Waals surface area (Å²) in [5, 5.41) is 9.10. The van der Waals surface area contributed by atoms with Crippen LogP contribution in [0.5, 0.6) is 0 Å². The van der Waals surface area contributed by atoms with Gasteiger partial charge in [0.1, 0.15) is 0 Å². The van der Waals surface area contributed by atoms with Crippen LogP contribution >= 0.6 is 0 Å². The number of benzene rings is 1. The lowest BCUT2D eigenvalue weighted by Gasteiger charge is -2.21. The van der Waals surface area contributed by atoms with Gasteiger partial charge in [0, 0.05) is 30.7 Å². The van der Waals surface area contributed by atoms with Crippen LogP contribution in [0, 0.1) is 0 Å². The van der Waals surface area contributed by atoms with Crippen LogP contribution in [-0.4, -0.2) is 42.9 Å². The van der Waals surface area contributed by atoms with E-state index in [0.717, 1.165) is 24.2 Å². The molecule has 0 atom stereocenters. The average molecular weight is 374 g/mol. The van der Waals surface area contributed by atoms with E-state index in [1.165, 1.54) is 0 Å². The molecule has 1 heterocycles. The lowest BCUT2D eigenvalue weighted by Crippen LogP contribution is -2.48. The lowest BCUT2D eigenvalue weighted by atomic mass is 10.1. The summed E-state index contributed by atoms with van der Waals surface area (Å²) in [5.41, 5.74) is 1.73. The summed E-state index contributed by atoms with van der Waals surface area (Å²) in [6.45, 7) is 9.98. The zero-order valence-electron chi connectivity index (χ0n) is 16.8. The van der Waals surface area contributed by atoms with Crippen molar-refractivity contribution in [2.24, 2.45) is 4.99 Å². The third-order valence-electron chi connectivity index (χ3n) is 4.02. The Morgan fingerprint density at radius 2 is 1.89 bits per heavy atom. The highest BCUT2D eigenvalue weighted by Crippen LogP contribution is 2.21. The van der Waals surface area contributed by atoms with Crippen molar-refractivity contribution >= 4 is 23.5 Å². The highest BCUT2D eigenvalue weighted by Gasteiger charge is 2.21. The van der Waals surface area contributed by atoms with Crippen molar-refractivity contribution in [1.29, 1.82) is 0 Å². The fourth-order valence-electron chi connectivity index (χ4n) is 2.84. The molecule has 7 nitrogen and oxygen atoms in total. The Bertz CT molecular complexity index is 677. The summed E-state index contributed by atoms with van der Waals surface area (Å²) in [6.07, 6.45) is 1.55. The third kappa shape index (κ3) is 6.92. The van der Waals surface area contributed by atoms with Gasteiger partial charge in [0.15, 0.2) is 5.96 Å². The minimum absolute atomic E-state index is 0.0762. The zero-order valence-corrected chi connectivity index (χ0v) is 16.8. The molecule has 0 aliphatic carbocycles. The molecule has 0 spiro atoms. The van der Waals surface area contributed by atoms with Gasteiger partial charge in [-0.05, 0) is 51.8 Å². The number of hydrogen-bond donors (Lipinski definition) is 3. The summed E-state index contributed by atoms with van der Waals surface area (Å²) in [5.74, 6) is 0.709. The van der Waals surface area contributed by atoms with Crippen LogP contribution in [0.3, 0.4) is 0 Å². The second-order valence-electron chi connectivity index (χ2n) is 7.66. The summed E-state index contributed by atoms with van der Waals surface area (Å²) in [4.78, 5) is 30.1. The van der Waals surface area contributed by atoms with Gasteiger partial charge >= 0.3 is 0 Å². The number of carbonyl (C=O) groups excluding carboxylic acids is 2. The topological polar surface area (TPSA) is 85.8 Å². The first-order chi connectivity index (χ1) is 12.8. The lowest BCUT2D eigenvalue weighted by molar-refractivity contribution is -0.121. The Morgan fingerprint density at radius 3 is 2.44 bits per heavy atom. The van der Waals surface area contributed by atoms with Crippen LogP contribution < -0.4 is 20.9 Å². The fraction of sp³-hybridized carbons (Fsp3) is 0.550. The molecule has 27 heavy (non-hydrogen) atoms. The van der Waals surface area contributed by atoms with E-state index in [2.05, 4.69) is 20.9 Å². The van der Waals surface area contributed by atoms with Crippen molar-refractivity contribution in [2.75, 3.05) is 24.5 Å². The molecule has 148 valence electrons. The van der Waals surface area contributed by atoms with Crippen molar-refractivity contribution in [2.45, 2.75) is 52.6 Å². The number of nitrogens with zero attached hydrogens (tertiary/aromatic N) is 2. The van der Waals surface area contributed by atoms with Crippen molar-refractivity contribution in [3.05, 3.63) is 29.8 Å². The number of aliphatic imine (C=N–C) groups is 1. The van der Waals surface area contributed by atoms with Gasteiger partial charge in [-0.1, -0.05) is 12.1 Å². The monoisotopic (exact) mass is 373 g/mol. The molecule has 1 aromatic carbocycles. The Balaban J connectivity index is 1.91. The van der Waals surface area contributed by atoms with Crippen LogP contribution in [0.15, 0.2) is 29.3 Å². The second-order valence-corrected chi connectivity index (χ2v) is 7.66. The standard InChI is InChI=1S/C20H31N5O2/c1-5-21-19(23-14-17(26)24-20(2,3)4)22-13-15-8-10-16(11-9-15)25-12-6-7-18(25)27/h8-11H,5-7,12-14H2,1-4H3,(H,24,26)(H2,21,22,23). The third-order valence-corrected chi connectivity index (χ3v) is 4.02. The van der Waals surface area contributed by atoms with E-state index in [1.807, 2.05) is 56.9 Å². The van der Waals surface area contributed by atoms with Crippen LogP contribution in [0.1, 0.15) is 46.1 Å². The van der Waals surface area contributed by atoms with Crippen molar-refractivity contribution in [3.63, 3.8) is 0 Å². The van der Waals surface area contributed by atoms with Gasteiger partial charge in [0.05, 0.1) is 13.1 Å². The number of guanidine groups is 1. The molecular formula is C20H31N5O2. The van der Waals surface area contributed by atoms with Crippen LogP contribution in [0.4, 0.5) is 5.69 Å². The van der Waals surface area contributed by atoms with E-state index in [-0.39, 0.29) is 23.9 Å². The fourth-order valence-corrected chi connectivity index (χ4v) is 2.84. The van der Waals surface area contributed by atoms with Gasteiger partial charge in [0.25, 0.3) is 0 Å². The molecule has 0 unspecified atom stereocenters. The van der Waals surface area contributed by atoms with Gasteiger partial charge in [-0.3, -0.25) is 9.59 Å².